The first kappa shape index (κ1) is 20.0. The average molecular weight is 455 g/mol. The number of amides is 1. The predicted octanol–water partition coefficient (Wildman–Crippen LogP) is 4.72. The van der Waals surface area contributed by atoms with Crippen molar-refractivity contribution in [1.29, 1.82) is 0 Å². The van der Waals surface area contributed by atoms with E-state index in [0.717, 1.165) is 36.6 Å². The third-order valence-electron chi connectivity index (χ3n) is 5.66. The number of carbonyl (C=O) groups excluding carboxylic acids is 1. The molecular formula is C22H19ClN4O3S. The molecule has 3 heterocycles. The third kappa shape index (κ3) is 3.78. The Balaban J connectivity index is 1.39. The molecule has 0 bridgehead atoms. The number of carbonyl (C=O) groups is 1. The number of anilines is 1. The smallest absolute Gasteiger partial charge is 0.288 e. The second kappa shape index (κ2) is 7.96. The van der Waals surface area contributed by atoms with Gasteiger partial charge in [-0.1, -0.05) is 48.0 Å². The van der Waals surface area contributed by atoms with Crippen molar-refractivity contribution in [1.82, 2.24) is 10.2 Å². The summed E-state index contributed by atoms with van der Waals surface area (Å²) in [6.07, 6.45) is 0.275. The van der Waals surface area contributed by atoms with Crippen LogP contribution in [0.1, 0.15) is 38.1 Å². The van der Waals surface area contributed by atoms with Crippen LogP contribution in [0.15, 0.2) is 48.5 Å². The molecule has 1 unspecified atom stereocenters. The molecule has 0 fully saturated rings. The van der Waals surface area contributed by atoms with Crippen LogP contribution in [0.25, 0.3) is 0 Å². The lowest BCUT2D eigenvalue weighted by molar-refractivity contribution is -0.384. The Bertz CT molecular complexity index is 1180. The number of nitrogens with zero attached hydrogens (tertiary/aromatic N) is 2. The van der Waals surface area contributed by atoms with Gasteiger partial charge in [0.2, 0.25) is 0 Å². The van der Waals surface area contributed by atoms with Crippen molar-refractivity contribution < 1.29 is 9.72 Å². The van der Waals surface area contributed by atoms with Crippen LogP contribution in [0.5, 0.6) is 0 Å². The lowest BCUT2D eigenvalue weighted by Crippen LogP contribution is -2.38. The Morgan fingerprint density at radius 1 is 1.19 bits per heavy atom. The minimum atomic E-state index is -0.545. The Morgan fingerprint density at radius 3 is 2.77 bits per heavy atom. The number of hydrogen-bond acceptors (Lipinski definition) is 6. The summed E-state index contributed by atoms with van der Waals surface area (Å²) in [7, 11) is 0. The van der Waals surface area contributed by atoms with Crippen molar-refractivity contribution in [3.8, 4) is 0 Å². The second-order valence-electron chi connectivity index (χ2n) is 7.67. The Hall–Kier alpha value is -2.94. The zero-order chi connectivity index (χ0) is 21.5. The molecule has 0 spiro atoms. The molecule has 2 aliphatic rings. The summed E-state index contributed by atoms with van der Waals surface area (Å²) in [4.78, 5) is 27.2. The molecule has 7 nitrogen and oxygen atoms in total. The van der Waals surface area contributed by atoms with Crippen LogP contribution in [0.3, 0.4) is 0 Å². The molecule has 2 aliphatic heterocycles. The van der Waals surface area contributed by atoms with Crippen LogP contribution in [0.4, 0.5) is 10.7 Å². The first-order valence-corrected chi connectivity index (χ1v) is 11.1. The van der Waals surface area contributed by atoms with Crippen LogP contribution in [-0.2, 0) is 19.5 Å². The van der Waals surface area contributed by atoms with Crippen molar-refractivity contribution in [3.63, 3.8) is 0 Å². The van der Waals surface area contributed by atoms with E-state index < -0.39 is 11.1 Å². The molecule has 0 radical (unpaired) electrons. The van der Waals surface area contributed by atoms with E-state index in [2.05, 4.69) is 27.7 Å². The number of nitro benzene ring substituents is 1. The molecule has 9 heteroatoms. The van der Waals surface area contributed by atoms with Gasteiger partial charge in [0.15, 0.2) is 0 Å². The molecular weight excluding hydrogens is 436 g/mol. The quantitative estimate of drug-likeness (QED) is 0.440. The number of halogens is 1. The van der Waals surface area contributed by atoms with Crippen molar-refractivity contribution >= 4 is 39.5 Å². The fraction of sp³-hybridized carbons (Fsp3) is 0.227. The van der Waals surface area contributed by atoms with Gasteiger partial charge in [-0.15, -0.1) is 11.3 Å². The van der Waals surface area contributed by atoms with Gasteiger partial charge in [0.1, 0.15) is 16.2 Å². The van der Waals surface area contributed by atoms with Gasteiger partial charge >= 0.3 is 0 Å². The molecule has 5 rings (SSSR count). The largest absolute Gasteiger partial charge is 0.353 e. The maximum atomic E-state index is 12.9. The molecule has 3 aromatic rings. The van der Waals surface area contributed by atoms with E-state index in [1.165, 1.54) is 22.6 Å². The Morgan fingerprint density at radius 2 is 2.00 bits per heavy atom. The number of nitro groups is 1. The maximum Gasteiger partial charge on any atom is 0.288 e. The normalized spacial score (nSPS) is 18.0. The number of benzene rings is 2. The molecule has 1 amide bonds. The SMILES string of the molecule is O=C1NC(c2ccc(Cl)c([N+](=O)[O-])c2)Nc2sc3c(c21)CCN(Cc1ccccc1)C3. The van der Waals surface area contributed by atoms with Crippen LogP contribution in [0.2, 0.25) is 5.02 Å². The molecule has 1 aromatic heterocycles. The number of hydrogen-bond donors (Lipinski definition) is 2. The minimum absolute atomic E-state index is 0.0710. The highest BCUT2D eigenvalue weighted by molar-refractivity contribution is 7.16. The van der Waals surface area contributed by atoms with E-state index in [1.807, 2.05) is 18.2 Å². The molecule has 31 heavy (non-hydrogen) atoms. The van der Waals surface area contributed by atoms with Gasteiger partial charge in [-0.05, 0) is 23.6 Å². The topological polar surface area (TPSA) is 87.5 Å². The van der Waals surface area contributed by atoms with Gasteiger partial charge in [0.25, 0.3) is 11.6 Å². The number of thiophene rings is 1. The molecule has 0 saturated heterocycles. The van der Waals surface area contributed by atoms with Gasteiger partial charge in [0.05, 0.1) is 10.5 Å². The van der Waals surface area contributed by atoms with Crippen LogP contribution < -0.4 is 10.6 Å². The summed E-state index contributed by atoms with van der Waals surface area (Å²) in [5.74, 6) is -0.148. The lowest BCUT2D eigenvalue weighted by Gasteiger charge is -2.28. The Kier molecular flexibility index (Phi) is 5.13. The van der Waals surface area contributed by atoms with Crippen LogP contribution in [0, 0.1) is 10.1 Å². The van der Waals surface area contributed by atoms with Gasteiger partial charge < -0.3 is 10.6 Å². The van der Waals surface area contributed by atoms with Gasteiger partial charge in [0, 0.05) is 36.1 Å². The molecule has 0 saturated carbocycles. The highest BCUT2D eigenvalue weighted by Gasteiger charge is 2.34. The van der Waals surface area contributed by atoms with Gasteiger partial charge in [-0.2, -0.15) is 0 Å². The van der Waals surface area contributed by atoms with Crippen LogP contribution in [-0.4, -0.2) is 22.3 Å². The number of rotatable bonds is 4. The molecule has 2 N–H and O–H groups in total. The summed E-state index contributed by atoms with van der Waals surface area (Å²) in [5.41, 5.74) is 3.50. The monoisotopic (exact) mass is 454 g/mol. The highest BCUT2D eigenvalue weighted by Crippen LogP contribution is 2.41. The zero-order valence-corrected chi connectivity index (χ0v) is 18.0. The van der Waals surface area contributed by atoms with Crippen molar-refractivity contribution in [2.75, 3.05) is 11.9 Å². The van der Waals surface area contributed by atoms with E-state index in [1.54, 1.807) is 17.4 Å². The summed E-state index contributed by atoms with van der Waals surface area (Å²) in [6.45, 7) is 2.57. The molecule has 2 aromatic carbocycles. The Labute approximate surface area is 187 Å². The third-order valence-corrected chi connectivity index (χ3v) is 7.13. The summed E-state index contributed by atoms with van der Waals surface area (Å²) >= 11 is 7.52. The van der Waals surface area contributed by atoms with E-state index in [0.29, 0.717) is 11.1 Å². The van der Waals surface area contributed by atoms with E-state index in [-0.39, 0.29) is 16.6 Å². The maximum absolute atomic E-state index is 12.9. The minimum Gasteiger partial charge on any atom is -0.353 e. The van der Waals surface area contributed by atoms with Crippen molar-refractivity contribution in [2.45, 2.75) is 25.7 Å². The number of fused-ring (bicyclic) bond motifs is 3. The molecule has 0 aliphatic carbocycles. The predicted molar refractivity (Wildman–Crippen MR) is 121 cm³/mol. The first-order chi connectivity index (χ1) is 15.0. The fourth-order valence-corrected chi connectivity index (χ4v) is 5.66. The summed E-state index contributed by atoms with van der Waals surface area (Å²) in [6, 6.07) is 14.9. The second-order valence-corrected chi connectivity index (χ2v) is 9.19. The fourth-order valence-electron chi connectivity index (χ4n) is 4.16. The molecule has 1 atom stereocenters. The summed E-state index contributed by atoms with van der Waals surface area (Å²) in [5, 5.41) is 18.4. The zero-order valence-electron chi connectivity index (χ0n) is 16.4. The average Bonchev–Trinajstić information content (AvgIpc) is 3.12. The van der Waals surface area contributed by atoms with Crippen LogP contribution >= 0.6 is 22.9 Å². The van der Waals surface area contributed by atoms with E-state index in [4.69, 9.17) is 11.6 Å². The number of nitrogens with one attached hydrogen (secondary N) is 2. The van der Waals surface area contributed by atoms with Gasteiger partial charge in [-0.25, -0.2) is 0 Å². The van der Waals surface area contributed by atoms with E-state index in [9.17, 15) is 14.9 Å². The van der Waals surface area contributed by atoms with E-state index >= 15 is 0 Å². The van der Waals surface area contributed by atoms with Crippen molar-refractivity contribution in [3.05, 3.63) is 90.8 Å². The standard InChI is InChI=1S/C22H19ClN4O3S/c23-16-7-6-14(10-17(16)27(29)30)20-24-21(28)19-15-8-9-26(11-13-4-2-1-3-5-13)12-18(15)31-22(19)25-20/h1-7,10,20,25H,8-9,11-12H2,(H,24,28). The first-order valence-electron chi connectivity index (χ1n) is 9.91. The highest BCUT2D eigenvalue weighted by atomic mass is 35.5. The lowest BCUT2D eigenvalue weighted by atomic mass is 10.00. The van der Waals surface area contributed by atoms with Crippen molar-refractivity contribution in [2.24, 2.45) is 0 Å². The summed E-state index contributed by atoms with van der Waals surface area (Å²) < 4.78 is 0. The molecule has 158 valence electrons. The van der Waals surface area contributed by atoms with Gasteiger partial charge in [-0.3, -0.25) is 19.8 Å².